The molecule has 84 valence electrons. The van der Waals surface area contributed by atoms with Crippen LogP contribution in [0.25, 0.3) is 0 Å². The lowest BCUT2D eigenvalue weighted by Gasteiger charge is -2.14. The van der Waals surface area contributed by atoms with E-state index in [0.717, 1.165) is 17.1 Å². The summed E-state index contributed by atoms with van der Waals surface area (Å²) in [4.78, 5) is 0.966. The summed E-state index contributed by atoms with van der Waals surface area (Å²) in [7, 11) is -1.76. The van der Waals surface area contributed by atoms with Crippen molar-refractivity contribution in [2.45, 2.75) is 37.0 Å². The van der Waals surface area contributed by atoms with Gasteiger partial charge in [-0.15, -0.1) is 0 Å². The topological polar surface area (TPSA) is 17.1 Å². The average molecular weight is 240 g/mol. The van der Waals surface area contributed by atoms with Crippen molar-refractivity contribution in [3.05, 3.63) is 30.3 Å². The number of rotatable bonds is 5. The van der Waals surface area contributed by atoms with Crippen LogP contribution in [-0.4, -0.2) is 18.0 Å². The maximum atomic E-state index is 11.9. The standard InChI is InChI=1S/C12H20OSSi/c1-15(2,3)11-7-10-14(13)12-8-5-4-6-9-12/h4-6,8-9H,7,10-11H2,1-3H3. The van der Waals surface area contributed by atoms with E-state index in [2.05, 4.69) is 19.6 Å². The van der Waals surface area contributed by atoms with E-state index in [4.69, 9.17) is 0 Å². The minimum atomic E-state index is -0.959. The van der Waals surface area contributed by atoms with Gasteiger partial charge in [0.05, 0.1) is 10.8 Å². The Morgan fingerprint density at radius 3 is 2.27 bits per heavy atom. The number of hydrogen-bond donors (Lipinski definition) is 0. The summed E-state index contributed by atoms with van der Waals surface area (Å²) in [6.07, 6.45) is 1.09. The molecule has 0 fully saturated rings. The van der Waals surface area contributed by atoms with E-state index in [9.17, 15) is 4.21 Å². The summed E-state index contributed by atoms with van der Waals surface area (Å²) in [5.74, 6) is 0.814. The molecule has 0 saturated carbocycles. The Morgan fingerprint density at radius 2 is 1.73 bits per heavy atom. The van der Waals surface area contributed by atoms with E-state index < -0.39 is 18.9 Å². The van der Waals surface area contributed by atoms with Gasteiger partial charge in [-0.2, -0.15) is 0 Å². The van der Waals surface area contributed by atoms with Crippen LogP contribution in [0.15, 0.2) is 35.2 Å². The molecule has 1 aromatic carbocycles. The molecule has 15 heavy (non-hydrogen) atoms. The van der Waals surface area contributed by atoms with E-state index in [-0.39, 0.29) is 0 Å². The lowest BCUT2D eigenvalue weighted by atomic mass is 10.4. The van der Waals surface area contributed by atoms with Crippen molar-refractivity contribution in [3.8, 4) is 0 Å². The summed E-state index contributed by atoms with van der Waals surface area (Å²) < 4.78 is 11.9. The van der Waals surface area contributed by atoms with Gasteiger partial charge in [-0.05, 0) is 18.6 Å². The molecule has 0 N–H and O–H groups in total. The van der Waals surface area contributed by atoms with Crippen molar-refractivity contribution in [2.24, 2.45) is 0 Å². The Kier molecular flexibility index (Phi) is 4.73. The Morgan fingerprint density at radius 1 is 1.13 bits per heavy atom. The summed E-state index contributed by atoms with van der Waals surface area (Å²) in [5, 5.41) is 0. The van der Waals surface area contributed by atoms with Crippen LogP contribution < -0.4 is 0 Å². The summed E-state index contributed by atoms with van der Waals surface area (Å²) in [5.41, 5.74) is 0. The number of hydrogen-bond acceptors (Lipinski definition) is 1. The first-order valence-corrected chi connectivity index (χ1v) is 10.4. The third-order valence-electron chi connectivity index (χ3n) is 2.26. The van der Waals surface area contributed by atoms with Crippen LogP contribution >= 0.6 is 0 Å². The maximum absolute atomic E-state index is 11.9. The van der Waals surface area contributed by atoms with Gasteiger partial charge in [-0.1, -0.05) is 43.9 Å². The molecule has 0 aromatic heterocycles. The predicted octanol–water partition coefficient (Wildman–Crippen LogP) is 3.52. The Bertz CT molecular complexity index is 316. The zero-order valence-electron chi connectivity index (χ0n) is 9.82. The highest BCUT2D eigenvalue weighted by Crippen LogP contribution is 2.13. The van der Waals surface area contributed by atoms with Crippen molar-refractivity contribution in [1.82, 2.24) is 0 Å². The zero-order chi connectivity index (χ0) is 11.3. The van der Waals surface area contributed by atoms with Crippen molar-refractivity contribution in [1.29, 1.82) is 0 Å². The molecule has 1 unspecified atom stereocenters. The smallest absolute Gasteiger partial charge is 0.0529 e. The summed E-state index contributed by atoms with van der Waals surface area (Å²) >= 11 is 0. The molecule has 1 nitrogen and oxygen atoms in total. The molecule has 0 aliphatic carbocycles. The Labute approximate surface area is 96.4 Å². The zero-order valence-corrected chi connectivity index (χ0v) is 11.6. The molecule has 0 bridgehead atoms. The highest BCUT2D eigenvalue weighted by molar-refractivity contribution is 7.85. The average Bonchev–Trinajstić information content (AvgIpc) is 2.17. The van der Waals surface area contributed by atoms with Crippen molar-refractivity contribution in [3.63, 3.8) is 0 Å². The lowest BCUT2D eigenvalue weighted by molar-refractivity contribution is 0.681. The molecule has 0 spiro atoms. The van der Waals surface area contributed by atoms with E-state index in [1.54, 1.807) is 0 Å². The van der Waals surface area contributed by atoms with Crippen LogP contribution in [0.4, 0.5) is 0 Å². The Hall–Kier alpha value is -0.413. The van der Waals surface area contributed by atoms with Crippen LogP contribution in [0.3, 0.4) is 0 Å². The monoisotopic (exact) mass is 240 g/mol. The fourth-order valence-electron chi connectivity index (χ4n) is 1.42. The van der Waals surface area contributed by atoms with Gasteiger partial charge in [0.2, 0.25) is 0 Å². The largest absolute Gasteiger partial charge is 0.254 e. The molecule has 0 saturated heterocycles. The minimum Gasteiger partial charge on any atom is -0.254 e. The van der Waals surface area contributed by atoms with Crippen molar-refractivity contribution < 1.29 is 4.21 Å². The molecular formula is C12H20OSSi. The highest BCUT2D eigenvalue weighted by Gasteiger charge is 2.13. The first-order valence-electron chi connectivity index (χ1n) is 5.42. The second-order valence-corrected chi connectivity index (χ2v) is 12.2. The molecule has 1 rings (SSSR count). The second kappa shape index (κ2) is 5.61. The molecule has 1 aromatic rings. The normalized spacial score (nSPS) is 13.8. The molecule has 1 atom stereocenters. The first kappa shape index (κ1) is 12.7. The minimum absolute atomic E-state index is 0.796. The predicted molar refractivity (Wildman–Crippen MR) is 70.5 cm³/mol. The highest BCUT2D eigenvalue weighted by atomic mass is 32.2. The van der Waals surface area contributed by atoms with E-state index in [1.807, 2.05) is 30.3 Å². The van der Waals surface area contributed by atoms with E-state index in [1.165, 1.54) is 6.04 Å². The fourth-order valence-corrected chi connectivity index (χ4v) is 4.02. The van der Waals surface area contributed by atoms with Crippen molar-refractivity contribution in [2.75, 3.05) is 5.75 Å². The molecule has 0 aliphatic rings. The van der Waals surface area contributed by atoms with Gasteiger partial charge in [0, 0.05) is 18.7 Å². The van der Waals surface area contributed by atoms with Gasteiger partial charge in [-0.25, -0.2) is 0 Å². The molecule has 0 aliphatic heterocycles. The van der Waals surface area contributed by atoms with Crippen LogP contribution in [0, 0.1) is 0 Å². The summed E-state index contributed by atoms with van der Waals surface area (Å²) in [6.45, 7) is 7.08. The third-order valence-corrected chi connectivity index (χ3v) is 5.57. The van der Waals surface area contributed by atoms with Gasteiger partial charge in [-0.3, -0.25) is 4.21 Å². The summed E-state index contributed by atoms with van der Waals surface area (Å²) in [6, 6.07) is 11.0. The third kappa shape index (κ3) is 5.28. The molecule has 3 heteroatoms. The van der Waals surface area contributed by atoms with Gasteiger partial charge >= 0.3 is 0 Å². The van der Waals surface area contributed by atoms with E-state index in [0.29, 0.717) is 0 Å². The Balaban J connectivity index is 2.38. The fraction of sp³-hybridized carbons (Fsp3) is 0.500. The van der Waals surface area contributed by atoms with Gasteiger partial charge in [0.25, 0.3) is 0 Å². The van der Waals surface area contributed by atoms with E-state index >= 15 is 0 Å². The molecular weight excluding hydrogens is 220 g/mol. The van der Waals surface area contributed by atoms with Crippen LogP contribution in [-0.2, 0) is 10.8 Å². The van der Waals surface area contributed by atoms with Crippen LogP contribution in [0.5, 0.6) is 0 Å². The van der Waals surface area contributed by atoms with Gasteiger partial charge < -0.3 is 0 Å². The maximum Gasteiger partial charge on any atom is 0.0529 e. The van der Waals surface area contributed by atoms with Gasteiger partial charge in [0.15, 0.2) is 0 Å². The number of benzene rings is 1. The second-order valence-electron chi connectivity index (χ2n) is 5.03. The quantitative estimate of drug-likeness (QED) is 0.720. The van der Waals surface area contributed by atoms with Crippen LogP contribution in [0.2, 0.25) is 25.7 Å². The van der Waals surface area contributed by atoms with Crippen molar-refractivity contribution >= 4 is 18.9 Å². The molecule has 0 heterocycles. The molecule has 0 amide bonds. The lowest BCUT2D eigenvalue weighted by Crippen LogP contribution is -2.19. The SMILES string of the molecule is C[Si](C)(C)CCCS(=O)c1ccccc1. The van der Waals surface area contributed by atoms with Gasteiger partial charge in [0.1, 0.15) is 0 Å². The van der Waals surface area contributed by atoms with Crippen LogP contribution in [0.1, 0.15) is 6.42 Å². The molecule has 0 radical (unpaired) electrons. The first-order chi connectivity index (χ1) is 6.99.